The summed E-state index contributed by atoms with van der Waals surface area (Å²) in [6, 6.07) is 10.4. The van der Waals surface area contributed by atoms with Crippen LogP contribution in [0.3, 0.4) is 0 Å². The zero-order valence-electron chi connectivity index (χ0n) is 11.0. The third-order valence-electron chi connectivity index (χ3n) is 2.69. The van der Waals surface area contributed by atoms with Crippen molar-refractivity contribution in [3.8, 4) is 6.07 Å². The van der Waals surface area contributed by atoms with E-state index in [2.05, 4.69) is 4.98 Å². The van der Waals surface area contributed by atoms with Crippen molar-refractivity contribution in [2.24, 2.45) is 0 Å². The minimum Gasteiger partial charge on any atom is -0.457 e. The van der Waals surface area contributed by atoms with Crippen LogP contribution in [0.4, 0.5) is 5.69 Å². The number of hydrogen-bond donors (Lipinski definition) is 1. The van der Waals surface area contributed by atoms with Gasteiger partial charge in [-0.2, -0.15) is 5.26 Å². The van der Waals surface area contributed by atoms with Gasteiger partial charge in [0, 0.05) is 17.4 Å². The first-order valence-corrected chi connectivity index (χ1v) is 5.98. The van der Waals surface area contributed by atoms with E-state index < -0.39 is 5.97 Å². The van der Waals surface area contributed by atoms with Gasteiger partial charge >= 0.3 is 5.97 Å². The number of pyridine rings is 1. The first kappa shape index (κ1) is 13.6. The third-order valence-corrected chi connectivity index (χ3v) is 2.69. The number of carbonyl (C=O) groups excluding carboxylic acids is 1. The summed E-state index contributed by atoms with van der Waals surface area (Å²) in [6.45, 7) is 1.85. The number of aryl methyl sites for hydroxylation is 1. The Balaban J connectivity index is 2.11. The van der Waals surface area contributed by atoms with Crippen LogP contribution < -0.4 is 5.73 Å². The molecular weight excluding hydrogens is 254 g/mol. The molecule has 0 aliphatic carbocycles. The van der Waals surface area contributed by atoms with E-state index in [1.165, 1.54) is 6.20 Å². The maximum atomic E-state index is 11.9. The first-order valence-electron chi connectivity index (χ1n) is 5.98. The number of nitrogens with zero attached hydrogens (tertiary/aromatic N) is 2. The lowest BCUT2D eigenvalue weighted by Crippen LogP contribution is -2.07. The second-order valence-corrected chi connectivity index (χ2v) is 4.33. The number of esters is 1. The van der Waals surface area contributed by atoms with Crippen molar-refractivity contribution in [1.29, 1.82) is 5.26 Å². The summed E-state index contributed by atoms with van der Waals surface area (Å²) in [5.74, 6) is -0.479. The van der Waals surface area contributed by atoms with Crippen molar-refractivity contribution in [1.82, 2.24) is 4.98 Å². The lowest BCUT2D eigenvalue weighted by molar-refractivity contribution is 0.0472. The van der Waals surface area contributed by atoms with Crippen molar-refractivity contribution in [2.75, 3.05) is 5.73 Å². The van der Waals surface area contributed by atoms with E-state index in [1.807, 2.05) is 13.0 Å². The number of carbonyl (C=O) groups is 1. The number of aromatic nitrogens is 1. The van der Waals surface area contributed by atoms with Gasteiger partial charge in [-0.3, -0.25) is 0 Å². The Hall–Kier alpha value is -2.87. The predicted molar refractivity (Wildman–Crippen MR) is 73.7 cm³/mol. The van der Waals surface area contributed by atoms with Gasteiger partial charge in [0.15, 0.2) is 0 Å². The summed E-state index contributed by atoms with van der Waals surface area (Å²) in [6.07, 6.45) is 1.52. The van der Waals surface area contributed by atoms with E-state index in [1.54, 1.807) is 30.3 Å². The van der Waals surface area contributed by atoms with Crippen molar-refractivity contribution in [2.45, 2.75) is 13.5 Å². The van der Waals surface area contributed by atoms with E-state index in [9.17, 15) is 4.79 Å². The molecular formula is C15H13N3O2. The maximum Gasteiger partial charge on any atom is 0.338 e. The minimum atomic E-state index is -0.479. The molecule has 0 amide bonds. The van der Waals surface area contributed by atoms with Crippen molar-refractivity contribution < 1.29 is 9.53 Å². The van der Waals surface area contributed by atoms with Gasteiger partial charge in [0.05, 0.1) is 5.56 Å². The van der Waals surface area contributed by atoms with Crippen LogP contribution in [-0.2, 0) is 11.3 Å². The number of hydrogen-bond acceptors (Lipinski definition) is 5. The summed E-state index contributed by atoms with van der Waals surface area (Å²) < 4.78 is 5.18. The summed E-state index contributed by atoms with van der Waals surface area (Å²) >= 11 is 0. The molecule has 2 rings (SSSR count). The molecule has 1 aromatic carbocycles. The van der Waals surface area contributed by atoms with E-state index in [4.69, 9.17) is 15.7 Å². The number of rotatable bonds is 3. The van der Waals surface area contributed by atoms with Crippen LogP contribution in [0.15, 0.2) is 36.5 Å². The molecule has 5 heteroatoms. The highest BCUT2D eigenvalue weighted by molar-refractivity contribution is 5.90. The average Bonchev–Trinajstić information content (AvgIpc) is 2.44. The molecule has 0 radical (unpaired) electrons. The van der Waals surface area contributed by atoms with Crippen molar-refractivity contribution in [3.63, 3.8) is 0 Å². The Kier molecular flexibility index (Phi) is 3.96. The molecule has 0 aliphatic heterocycles. The number of anilines is 1. The molecule has 0 unspecified atom stereocenters. The van der Waals surface area contributed by atoms with E-state index in [-0.39, 0.29) is 12.3 Å². The Morgan fingerprint density at radius 2 is 2.25 bits per heavy atom. The molecule has 1 aromatic heterocycles. The van der Waals surface area contributed by atoms with Crippen LogP contribution in [-0.4, -0.2) is 11.0 Å². The molecule has 0 aliphatic rings. The zero-order valence-corrected chi connectivity index (χ0v) is 11.0. The summed E-state index contributed by atoms with van der Waals surface area (Å²) in [5, 5.41) is 8.90. The molecule has 0 spiro atoms. The molecule has 0 fully saturated rings. The lowest BCUT2D eigenvalue weighted by atomic mass is 10.1. The Morgan fingerprint density at radius 3 is 2.95 bits per heavy atom. The van der Waals surface area contributed by atoms with Gasteiger partial charge < -0.3 is 10.5 Å². The topological polar surface area (TPSA) is 89.0 Å². The smallest absolute Gasteiger partial charge is 0.338 e. The van der Waals surface area contributed by atoms with E-state index in [0.717, 1.165) is 5.56 Å². The van der Waals surface area contributed by atoms with Crippen LogP contribution in [0.2, 0.25) is 0 Å². The molecule has 2 aromatic rings. The first-order chi connectivity index (χ1) is 9.60. The summed E-state index contributed by atoms with van der Waals surface area (Å²) in [5.41, 5.74) is 8.31. The fraction of sp³-hybridized carbons (Fsp3) is 0.133. The van der Waals surface area contributed by atoms with E-state index >= 15 is 0 Å². The molecule has 0 atom stereocenters. The molecule has 0 bridgehead atoms. The molecule has 100 valence electrons. The monoisotopic (exact) mass is 267 g/mol. The van der Waals surface area contributed by atoms with Crippen molar-refractivity contribution in [3.05, 3.63) is 58.9 Å². The van der Waals surface area contributed by atoms with Gasteiger partial charge in [0.25, 0.3) is 0 Å². The standard InChI is InChI=1S/C15H13N3O2/c1-10-5-12(7-13(17)6-10)15(19)20-9-11-3-2-4-18-14(11)8-16/h2-7H,9,17H2,1H3. The quantitative estimate of drug-likeness (QED) is 0.680. The molecule has 5 nitrogen and oxygen atoms in total. The predicted octanol–water partition coefficient (Wildman–Crippen LogP) is 2.20. The lowest BCUT2D eigenvalue weighted by Gasteiger charge is -2.07. The van der Waals surface area contributed by atoms with Crippen LogP contribution in [0.25, 0.3) is 0 Å². The second-order valence-electron chi connectivity index (χ2n) is 4.33. The second kappa shape index (κ2) is 5.85. The van der Waals surface area contributed by atoms with Crippen LogP contribution in [0.5, 0.6) is 0 Å². The fourth-order valence-electron chi connectivity index (χ4n) is 1.81. The number of ether oxygens (including phenoxy) is 1. The van der Waals surface area contributed by atoms with Gasteiger partial charge in [-0.15, -0.1) is 0 Å². The van der Waals surface area contributed by atoms with Gasteiger partial charge in [-0.1, -0.05) is 6.07 Å². The van der Waals surface area contributed by atoms with Gasteiger partial charge in [0.2, 0.25) is 0 Å². The third kappa shape index (κ3) is 3.12. The molecule has 0 saturated heterocycles. The normalized spacial score (nSPS) is 9.80. The maximum absolute atomic E-state index is 11.9. The van der Waals surface area contributed by atoms with Crippen LogP contribution in [0.1, 0.15) is 27.2 Å². The highest BCUT2D eigenvalue weighted by atomic mass is 16.5. The average molecular weight is 267 g/mol. The van der Waals surface area contributed by atoms with Crippen LogP contribution in [0, 0.1) is 18.3 Å². The molecule has 1 heterocycles. The van der Waals surface area contributed by atoms with Gasteiger partial charge in [-0.25, -0.2) is 9.78 Å². The Morgan fingerprint density at radius 1 is 1.45 bits per heavy atom. The van der Waals surface area contributed by atoms with Crippen molar-refractivity contribution >= 4 is 11.7 Å². The number of nitrogens with two attached hydrogens (primary N) is 1. The Labute approximate surface area is 116 Å². The number of nitrogen functional groups attached to an aromatic ring is 1. The van der Waals surface area contributed by atoms with Gasteiger partial charge in [0.1, 0.15) is 18.4 Å². The molecule has 20 heavy (non-hydrogen) atoms. The highest BCUT2D eigenvalue weighted by Crippen LogP contribution is 2.14. The highest BCUT2D eigenvalue weighted by Gasteiger charge is 2.10. The number of benzene rings is 1. The SMILES string of the molecule is Cc1cc(N)cc(C(=O)OCc2cccnc2C#N)c1. The summed E-state index contributed by atoms with van der Waals surface area (Å²) in [7, 11) is 0. The fourth-order valence-corrected chi connectivity index (χ4v) is 1.81. The molecule has 2 N–H and O–H groups in total. The zero-order chi connectivity index (χ0) is 14.5. The largest absolute Gasteiger partial charge is 0.457 e. The molecule has 0 saturated carbocycles. The van der Waals surface area contributed by atoms with Gasteiger partial charge in [-0.05, 0) is 36.8 Å². The minimum absolute atomic E-state index is 0.00339. The Bertz CT molecular complexity index is 670. The van der Waals surface area contributed by atoms with Crippen LogP contribution >= 0.6 is 0 Å². The number of nitriles is 1. The van der Waals surface area contributed by atoms with E-state index in [0.29, 0.717) is 16.8 Å². The summed E-state index contributed by atoms with van der Waals surface area (Å²) in [4.78, 5) is 15.8.